The minimum Gasteiger partial charge on any atom is -0.433 e. The topological polar surface area (TPSA) is 262 Å². The first-order valence-electron chi connectivity index (χ1n) is 11.1. The quantitative estimate of drug-likeness (QED) is 0.125. The molecule has 0 saturated carbocycles. The number of ether oxygens (including phenoxy) is 2. The summed E-state index contributed by atoms with van der Waals surface area (Å²) in [5, 5.41) is 104. The lowest BCUT2D eigenvalue weighted by molar-refractivity contribution is -0.470. The van der Waals surface area contributed by atoms with Gasteiger partial charge in [-0.3, -0.25) is 0 Å². The molecule has 11 N–H and O–H groups in total. The van der Waals surface area contributed by atoms with Crippen LogP contribution in [0.4, 0.5) is 15.9 Å². The number of nitrogens with one attached hydrogen (secondary N) is 1. The van der Waals surface area contributed by atoms with E-state index in [4.69, 9.17) is 4.74 Å². The van der Waals surface area contributed by atoms with E-state index < -0.39 is 59.7 Å². The van der Waals surface area contributed by atoms with Gasteiger partial charge in [0.15, 0.2) is 17.1 Å². The van der Waals surface area contributed by atoms with E-state index in [0.717, 1.165) is 25.5 Å². The molecule has 2 aromatic carbocycles. The number of piperidine rings is 1. The molecular weight excluding hydrogens is 611 g/mol. The molecule has 1 aliphatic heterocycles. The molecule has 0 aliphatic carbocycles. The Labute approximate surface area is 231 Å². The molecule has 0 unspecified atom stereocenters. The standard InChI is InChI=1S/C22H24BrFN4O12/c1-28-19(30,31)7-18(29,8-20(28,32)33)21(34,35)39-16-6-14-11(5-15(16)40-22(36,37)38)17(26-9-25-14)27-13-3-2-10(23)4-12(13)24/h2-6,9,29-38H,7-8H2,1H3,(H,25,26,27). The second-order valence-electron chi connectivity index (χ2n) is 9.17. The molecule has 0 bridgehead atoms. The van der Waals surface area contributed by atoms with E-state index >= 15 is 0 Å². The Morgan fingerprint density at radius 3 is 2.10 bits per heavy atom. The molecule has 18 heteroatoms. The van der Waals surface area contributed by atoms with Crippen molar-refractivity contribution in [2.75, 3.05) is 12.4 Å². The van der Waals surface area contributed by atoms with Gasteiger partial charge in [0.25, 0.3) is 0 Å². The van der Waals surface area contributed by atoms with Crippen molar-refractivity contribution in [1.82, 2.24) is 14.9 Å². The molecule has 1 saturated heterocycles. The third kappa shape index (κ3) is 5.93. The van der Waals surface area contributed by atoms with Crippen molar-refractivity contribution in [3.05, 3.63) is 46.9 Å². The van der Waals surface area contributed by atoms with Gasteiger partial charge in [0.2, 0.25) is 11.8 Å². The normalized spacial score (nSPS) is 18.9. The number of hydrogen-bond donors (Lipinski definition) is 11. The molecule has 1 aromatic heterocycles. The second kappa shape index (κ2) is 9.91. The van der Waals surface area contributed by atoms with Gasteiger partial charge in [-0.1, -0.05) is 15.9 Å². The Bertz CT molecular complexity index is 1420. The highest BCUT2D eigenvalue weighted by atomic mass is 79.9. The lowest BCUT2D eigenvalue weighted by atomic mass is 9.84. The minimum atomic E-state index is -3.86. The molecule has 1 aliphatic rings. The van der Waals surface area contributed by atoms with Crippen molar-refractivity contribution in [2.45, 2.75) is 42.4 Å². The average molecular weight is 635 g/mol. The van der Waals surface area contributed by atoms with Crippen LogP contribution in [0.5, 0.6) is 11.5 Å². The van der Waals surface area contributed by atoms with Crippen LogP contribution < -0.4 is 14.8 Å². The summed E-state index contributed by atoms with van der Waals surface area (Å²) in [5.41, 5.74) is -3.31. The maximum absolute atomic E-state index is 14.4. The van der Waals surface area contributed by atoms with Crippen LogP contribution in [0.1, 0.15) is 12.8 Å². The van der Waals surface area contributed by atoms with Crippen LogP contribution in [0.2, 0.25) is 0 Å². The SMILES string of the molecule is CN1C(O)(O)CC(O)(C(O)(O)Oc2cc3ncnc(Nc4ccc(Br)cc4F)c3cc2OC(O)(O)O)CC1(O)O. The van der Waals surface area contributed by atoms with Crippen LogP contribution in [0.3, 0.4) is 0 Å². The van der Waals surface area contributed by atoms with E-state index in [1.54, 1.807) is 0 Å². The molecule has 40 heavy (non-hydrogen) atoms. The predicted octanol–water partition coefficient (Wildman–Crippen LogP) is -2.01. The lowest BCUT2D eigenvalue weighted by Gasteiger charge is -2.53. The van der Waals surface area contributed by atoms with E-state index in [1.165, 1.54) is 18.2 Å². The van der Waals surface area contributed by atoms with Crippen LogP contribution in [-0.4, -0.2) is 103 Å². The van der Waals surface area contributed by atoms with E-state index in [-0.39, 0.29) is 27.3 Å². The zero-order valence-corrected chi connectivity index (χ0v) is 21.9. The van der Waals surface area contributed by atoms with Gasteiger partial charge in [-0.15, -0.1) is 0 Å². The molecule has 1 fully saturated rings. The summed E-state index contributed by atoms with van der Waals surface area (Å²) < 4.78 is 24.5. The number of nitrogens with zero attached hydrogens (tertiary/aromatic N) is 3. The number of halogens is 2. The van der Waals surface area contributed by atoms with E-state index in [1.807, 2.05) is 0 Å². The van der Waals surface area contributed by atoms with Gasteiger partial charge in [-0.05, 0) is 31.3 Å². The molecule has 0 radical (unpaired) electrons. The molecule has 0 amide bonds. The molecule has 0 spiro atoms. The fourth-order valence-electron chi connectivity index (χ4n) is 4.04. The first-order valence-corrected chi connectivity index (χ1v) is 11.9. The third-order valence-corrected chi connectivity index (χ3v) is 6.62. The Balaban J connectivity index is 1.78. The third-order valence-electron chi connectivity index (χ3n) is 6.12. The summed E-state index contributed by atoms with van der Waals surface area (Å²) >= 11 is 3.13. The van der Waals surface area contributed by atoms with Crippen molar-refractivity contribution < 1.29 is 64.9 Å². The van der Waals surface area contributed by atoms with Gasteiger partial charge in [-0.25, -0.2) is 19.3 Å². The average Bonchev–Trinajstić information content (AvgIpc) is 2.78. The van der Waals surface area contributed by atoms with Crippen molar-refractivity contribution >= 4 is 38.3 Å². The van der Waals surface area contributed by atoms with E-state index in [9.17, 15) is 55.5 Å². The number of fused-ring (bicyclic) bond motifs is 1. The highest BCUT2D eigenvalue weighted by molar-refractivity contribution is 9.10. The number of benzene rings is 2. The number of rotatable bonds is 7. The number of likely N-dealkylation sites (tertiary alicyclic amines) is 1. The minimum absolute atomic E-state index is 0.00892. The van der Waals surface area contributed by atoms with Crippen molar-refractivity contribution in [1.29, 1.82) is 0 Å². The van der Waals surface area contributed by atoms with Gasteiger partial charge in [0.1, 0.15) is 18.0 Å². The number of hydrogen-bond acceptors (Lipinski definition) is 16. The summed E-state index contributed by atoms with van der Waals surface area (Å²) in [6.07, 6.45) is -5.49. The molecule has 2 heterocycles. The van der Waals surface area contributed by atoms with Crippen molar-refractivity contribution in [3.8, 4) is 11.5 Å². The number of aliphatic hydroxyl groups is 10. The smallest absolute Gasteiger partial charge is 0.433 e. The maximum Gasteiger partial charge on any atom is 0.453 e. The largest absolute Gasteiger partial charge is 0.453 e. The fourth-order valence-corrected chi connectivity index (χ4v) is 4.37. The summed E-state index contributed by atoms with van der Waals surface area (Å²) in [4.78, 5) is 8.19. The second-order valence-corrected chi connectivity index (χ2v) is 10.1. The van der Waals surface area contributed by atoms with Gasteiger partial charge < -0.3 is 65.9 Å². The van der Waals surface area contributed by atoms with Crippen LogP contribution in [0, 0.1) is 5.82 Å². The Morgan fingerprint density at radius 1 is 0.925 bits per heavy atom. The zero-order chi connectivity index (χ0) is 29.9. The molecule has 3 aromatic rings. The Kier molecular flexibility index (Phi) is 7.46. The Morgan fingerprint density at radius 2 is 1.52 bits per heavy atom. The summed E-state index contributed by atoms with van der Waals surface area (Å²) in [6, 6.07) is 5.89. The van der Waals surface area contributed by atoms with Crippen LogP contribution >= 0.6 is 15.9 Å². The fraction of sp³-hybridized carbons (Fsp3) is 0.364. The number of anilines is 2. The van der Waals surface area contributed by atoms with Crippen LogP contribution in [0.15, 0.2) is 41.1 Å². The molecule has 218 valence electrons. The highest BCUT2D eigenvalue weighted by Gasteiger charge is 2.65. The summed E-state index contributed by atoms with van der Waals surface area (Å²) in [5.74, 6) is -12.7. The highest BCUT2D eigenvalue weighted by Crippen LogP contribution is 2.45. The van der Waals surface area contributed by atoms with Crippen molar-refractivity contribution in [2.24, 2.45) is 0 Å². The summed E-state index contributed by atoms with van der Waals surface area (Å²) in [7, 11) is 0.862. The first-order chi connectivity index (χ1) is 18.2. The van der Waals surface area contributed by atoms with E-state index in [2.05, 4.69) is 36.0 Å². The van der Waals surface area contributed by atoms with E-state index in [0.29, 0.717) is 4.47 Å². The zero-order valence-electron chi connectivity index (χ0n) is 20.3. The first kappa shape index (κ1) is 30.1. The maximum atomic E-state index is 14.4. The molecule has 4 rings (SSSR count). The monoisotopic (exact) mass is 634 g/mol. The summed E-state index contributed by atoms with van der Waals surface area (Å²) in [6.45, 7) is 0. The van der Waals surface area contributed by atoms with Crippen LogP contribution in [0.25, 0.3) is 10.9 Å². The predicted molar refractivity (Wildman–Crippen MR) is 131 cm³/mol. The van der Waals surface area contributed by atoms with Gasteiger partial charge in [0, 0.05) is 15.9 Å². The van der Waals surface area contributed by atoms with Gasteiger partial charge >= 0.3 is 12.1 Å². The Hall–Kier alpha value is -2.85. The number of aromatic nitrogens is 2. The van der Waals surface area contributed by atoms with Gasteiger partial charge in [-0.2, -0.15) is 0 Å². The van der Waals surface area contributed by atoms with Gasteiger partial charge in [0.05, 0.1) is 24.0 Å². The lowest BCUT2D eigenvalue weighted by Crippen LogP contribution is -2.74. The van der Waals surface area contributed by atoms with Crippen LogP contribution in [-0.2, 0) is 0 Å². The molecule has 0 atom stereocenters. The molecule has 16 nitrogen and oxygen atoms in total. The molecular formula is C22H24BrFN4O12. The van der Waals surface area contributed by atoms with Crippen molar-refractivity contribution in [3.63, 3.8) is 0 Å².